The van der Waals surface area contributed by atoms with Crippen LogP contribution in [0.3, 0.4) is 0 Å². The van der Waals surface area contributed by atoms with E-state index >= 15 is 0 Å². The Bertz CT molecular complexity index is 761. The van der Waals surface area contributed by atoms with Crippen LogP contribution in [0.2, 0.25) is 5.02 Å². The van der Waals surface area contributed by atoms with E-state index in [1.54, 1.807) is 7.11 Å². The molecule has 0 radical (unpaired) electrons. The van der Waals surface area contributed by atoms with Crippen LogP contribution >= 0.6 is 27.5 Å². The van der Waals surface area contributed by atoms with Gasteiger partial charge < -0.3 is 10.1 Å². The van der Waals surface area contributed by atoms with Crippen molar-refractivity contribution in [2.75, 3.05) is 13.7 Å². The van der Waals surface area contributed by atoms with Crippen molar-refractivity contribution in [1.29, 1.82) is 0 Å². The van der Waals surface area contributed by atoms with Gasteiger partial charge in [0.05, 0.1) is 12.1 Å². The minimum Gasteiger partial charge on any atom is -0.495 e. The predicted molar refractivity (Wildman–Crippen MR) is 97.8 cm³/mol. The molecule has 1 heterocycles. The summed E-state index contributed by atoms with van der Waals surface area (Å²) in [7, 11) is 1.69. The molecular weight excluding hydrogens is 374 g/mol. The third kappa shape index (κ3) is 2.69. The van der Waals surface area contributed by atoms with E-state index in [0.29, 0.717) is 17.0 Å². The lowest BCUT2D eigenvalue weighted by molar-refractivity contribution is 0.411. The summed E-state index contributed by atoms with van der Waals surface area (Å²) in [6.45, 7) is 1.00. The molecule has 0 amide bonds. The number of benzene rings is 2. The molecule has 0 aromatic heterocycles. The number of hydrogen-bond acceptors (Lipinski definition) is 2. The van der Waals surface area contributed by atoms with E-state index in [-0.39, 0.29) is 0 Å². The molecule has 0 saturated heterocycles. The molecule has 0 fully saturated rings. The number of methoxy groups -OCH3 is 1. The first-order chi connectivity index (χ1) is 11.2. The fraction of sp³-hybridized carbons (Fsp3) is 0.368. The van der Waals surface area contributed by atoms with Crippen LogP contribution in [-0.4, -0.2) is 19.7 Å². The van der Waals surface area contributed by atoms with E-state index in [1.165, 1.54) is 28.7 Å². The van der Waals surface area contributed by atoms with Crippen molar-refractivity contribution < 1.29 is 4.74 Å². The number of nitrogens with one attached hydrogen (secondary N) is 1. The largest absolute Gasteiger partial charge is 0.495 e. The molecule has 0 bridgehead atoms. The maximum atomic E-state index is 6.36. The van der Waals surface area contributed by atoms with Crippen molar-refractivity contribution in [1.82, 2.24) is 5.32 Å². The molecule has 2 atom stereocenters. The summed E-state index contributed by atoms with van der Waals surface area (Å²) in [5.41, 5.74) is 5.59. The average Bonchev–Trinajstić information content (AvgIpc) is 2.72. The van der Waals surface area contributed by atoms with Gasteiger partial charge in [0.15, 0.2) is 0 Å². The fourth-order valence-corrected chi connectivity index (χ4v) is 4.73. The van der Waals surface area contributed by atoms with Gasteiger partial charge in [0, 0.05) is 16.4 Å². The van der Waals surface area contributed by atoms with Gasteiger partial charge in [0.1, 0.15) is 5.75 Å². The zero-order chi connectivity index (χ0) is 16.0. The molecule has 1 aliphatic heterocycles. The Morgan fingerprint density at radius 3 is 2.78 bits per heavy atom. The molecule has 1 aliphatic carbocycles. The Kier molecular flexibility index (Phi) is 4.12. The van der Waals surface area contributed by atoms with Gasteiger partial charge in [-0.15, -0.1) is 0 Å². The van der Waals surface area contributed by atoms with Crippen LogP contribution in [0, 0.1) is 0 Å². The summed E-state index contributed by atoms with van der Waals surface area (Å²) in [4.78, 5) is 0. The SMILES string of the molecule is COc1cc2c(cc1Cl)CCNC1CCc3cc(Br)ccc3[C@H]21. The second kappa shape index (κ2) is 6.12. The lowest BCUT2D eigenvalue weighted by Crippen LogP contribution is -2.38. The Morgan fingerprint density at radius 2 is 1.96 bits per heavy atom. The molecule has 1 N–H and O–H groups in total. The van der Waals surface area contributed by atoms with Gasteiger partial charge in [-0.05, 0) is 72.3 Å². The van der Waals surface area contributed by atoms with Gasteiger partial charge in [-0.1, -0.05) is 33.6 Å². The van der Waals surface area contributed by atoms with Crippen LogP contribution in [0.15, 0.2) is 34.8 Å². The molecule has 4 heteroatoms. The molecule has 2 nitrogen and oxygen atoms in total. The number of fused-ring (bicyclic) bond motifs is 5. The van der Waals surface area contributed by atoms with Crippen LogP contribution in [0.4, 0.5) is 0 Å². The smallest absolute Gasteiger partial charge is 0.137 e. The quantitative estimate of drug-likeness (QED) is 0.759. The van der Waals surface area contributed by atoms with E-state index in [1.807, 2.05) is 0 Å². The first kappa shape index (κ1) is 15.5. The minimum absolute atomic E-state index is 0.371. The highest BCUT2D eigenvalue weighted by molar-refractivity contribution is 9.10. The molecule has 120 valence electrons. The molecule has 0 spiro atoms. The van der Waals surface area contributed by atoms with Crippen molar-refractivity contribution in [2.45, 2.75) is 31.2 Å². The van der Waals surface area contributed by atoms with Gasteiger partial charge in [-0.3, -0.25) is 0 Å². The van der Waals surface area contributed by atoms with E-state index in [0.717, 1.165) is 29.6 Å². The van der Waals surface area contributed by atoms with Crippen LogP contribution in [0.1, 0.15) is 34.6 Å². The standard InChI is InChI=1S/C19H19BrClNO/c1-23-18-10-15-12(9-16(18)21)6-7-22-17-5-2-11-8-13(20)3-4-14(11)19(15)17/h3-4,8-10,17,19,22H,2,5-7H2,1H3/t17?,19-/m1/s1. The highest BCUT2D eigenvalue weighted by Crippen LogP contribution is 2.43. The van der Waals surface area contributed by atoms with Gasteiger partial charge in [-0.2, -0.15) is 0 Å². The summed E-state index contributed by atoms with van der Waals surface area (Å²) in [6.07, 6.45) is 3.30. The zero-order valence-electron chi connectivity index (χ0n) is 13.0. The zero-order valence-corrected chi connectivity index (χ0v) is 15.4. The Balaban J connectivity index is 1.91. The second-order valence-corrected chi connectivity index (χ2v) is 7.68. The molecular formula is C19H19BrClNO. The first-order valence-corrected chi connectivity index (χ1v) is 9.22. The third-order valence-electron chi connectivity index (χ3n) is 5.12. The fourth-order valence-electron chi connectivity index (χ4n) is 4.06. The maximum absolute atomic E-state index is 6.36. The summed E-state index contributed by atoms with van der Waals surface area (Å²) < 4.78 is 6.64. The summed E-state index contributed by atoms with van der Waals surface area (Å²) in [5, 5.41) is 4.45. The lowest BCUT2D eigenvalue weighted by Gasteiger charge is -2.34. The van der Waals surface area contributed by atoms with Crippen molar-refractivity contribution >= 4 is 27.5 Å². The Morgan fingerprint density at radius 1 is 1.13 bits per heavy atom. The lowest BCUT2D eigenvalue weighted by atomic mass is 9.75. The van der Waals surface area contributed by atoms with Gasteiger partial charge in [-0.25, -0.2) is 0 Å². The number of rotatable bonds is 1. The Hall–Kier alpha value is -1.03. The molecule has 2 aliphatic rings. The molecule has 0 saturated carbocycles. The van der Waals surface area contributed by atoms with E-state index in [9.17, 15) is 0 Å². The number of aryl methyl sites for hydroxylation is 1. The average molecular weight is 393 g/mol. The van der Waals surface area contributed by atoms with Crippen LogP contribution < -0.4 is 10.1 Å². The van der Waals surface area contributed by atoms with Crippen molar-refractivity contribution in [2.24, 2.45) is 0 Å². The Labute approximate surface area is 150 Å². The van der Waals surface area contributed by atoms with Crippen molar-refractivity contribution in [3.05, 3.63) is 62.1 Å². The van der Waals surface area contributed by atoms with E-state index in [2.05, 4.69) is 51.6 Å². The van der Waals surface area contributed by atoms with Crippen molar-refractivity contribution in [3.63, 3.8) is 0 Å². The first-order valence-electron chi connectivity index (χ1n) is 8.05. The summed E-state index contributed by atoms with van der Waals surface area (Å²) in [5.74, 6) is 1.14. The second-order valence-electron chi connectivity index (χ2n) is 6.36. The van der Waals surface area contributed by atoms with E-state index < -0.39 is 0 Å². The highest BCUT2D eigenvalue weighted by Gasteiger charge is 2.34. The predicted octanol–water partition coefficient (Wildman–Crippen LogP) is 4.70. The minimum atomic E-state index is 0.371. The molecule has 2 aromatic carbocycles. The van der Waals surface area contributed by atoms with Gasteiger partial charge in [0.2, 0.25) is 0 Å². The van der Waals surface area contributed by atoms with E-state index in [4.69, 9.17) is 16.3 Å². The molecule has 1 unspecified atom stereocenters. The van der Waals surface area contributed by atoms with Crippen LogP contribution in [-0.2, 0) is 12.8 Å². The molecule has 23 heavy (non-hydrogen) atoms. The van der Waals surface area contributed by atoms with Crippen LogP contribution in [0.25, 0.3) is 0 Å². The van der Waals surface area contributed by atoms with Crippen LogP contribution in [0.5, 0.6) is 5.75 Å². The normalized spacial score (nSPS) is 22.6. The monoisotopic (exact) mass is 391 g/mol. The highest BCUT2D eigenvalue weighted by atomic mass is 79.9. The summed E-state index contributed by atoms with van der Waals surface area (Å²) >= 11 is 9.96. The number of ether oxygens (including phenoxy) is 1. The molecule has 4 rings (SSSR count). The number of hydrogen-bond donors (Lipinski definition) is 1. The van der Waals surface area contributed by atoms with Gasteiger partial charge in [0.25, 0.3) is 0 Å². The maximum Gasteiger partial charge on any atom is 0.137 e. The number of halogens is 2. The summed E-state index contributed by atoms with van der Waals surface area (Å²) in [6, 6.07) is 11.4. The third-order valence-corrected chi connectivity index (χ3v) is 5.91. The molecule has 2 aromatic rings. The van der Waals surface area contributed by atoms with Gasteiger partial charge >= 0.3 is 0 Å². The topological polar surface area (TPSA) is 21.3 Å². The van der Waals surface area contributed by atoms with Crippen molar-refractivity contribution in [3.8, 4) is 5.75 Å².